The number of nitrogens with two attached hydrogens (primary N) is 1. The Morgan fingerprint density at radius 2 is 1.88 bits per heavy atom. The van der Waals surface area contributed by atoms with E-state index in [9.17, 15) is 0 Å². The van der Waals surface area contributed by atoms with Gasteiger partial charge in [0.15, 0.2) is 0 Å². The number of nitrogens with zero attached hydrogens (tertiary/aromatic N) is 1. The molecule has 2 N–H and O–H groups in total. The molecule has 0 aliphatic carbocycles. The Morgan fingerprint density at radius 1 is 1.31 bits per heavy atom. The maximum absolute atomic E-state index is 8.79. The molecule has 3 heteroatoms. The Hall–Kier alpha value is -0.980. The molecule has 16 heavy (non-hydrogen) atoms. The highest BCUT2D eigenvalue weighted by Crippen LogP contribution is 2.18. The number of thioether (sulfide) groups is 1. The first-order valence-corrected chi connectivity index (χ1v) is 6.43. The summed E-state index contributed by atoms with van der Waals surface area (Å²) < 4.78 is 0. The van der Waals surface area contributed by atoms with Crippen LogP contribution in [0.15, 0.2) is 18.2 Å². The SMILES string of the molecule is Cc1cc(C)cc(CSCC(C)(N)C#N)c1. The molecule has 0 bridgehead atoms. The lowest BCUT2D eigenvalue weighted by molar-refractivity contribution is 0.682. The van der Waals surface area contributed by atoms with E-state index in [2.05, 4.69) is 38.1 Å². The summed E-state index contributed by atoms with van der Waals surface area (Å²) >= 11 is 1.71. The number of nitriles is 1. The monoisotopic (exact) mass is 234 g/mol. The van der Waals surface area contributed by atoms with Gasteiger partial charge in [0.05, 0.1) is 6.07 Å². The summed E-state index contributed by atoms with van der Waals surface area (Å²) in [5.74, 6) is 1.58. The van der Waals surface area contributed by atoms with Crippen molar-refractivity contribution in [2.24, 2.45) is 5.73 Å². The van der Waals surface area contributed by atoms with Crippen molar-refractivity contribution < 1.29 is 0 Å². The lowest BCUT2D eigenvalue weighted by atomic mass is 10.1. The fourth-order valence-corrected chi connectivity index (χ4v) is 2.56. The van der Waals surface area contributed by atoms with Crippen LogP contribution in [0.25, 0.3) is 0 Å². The molecule has 0 aromatic heterocycles. The molecule has 0 saturated heterocycles. The number of hydrogen-bond acceptors (Lipinski definition) is 3. The molecule has 0 heterocycles. The van der Waals surface area contributed by atoms with E-state index in [1.54, 1.807) is 18.7 Å². The van der Waals surface area contributed by atoms with E-state index < -0.39 is 5.54 Å². The minimum absolute atomic E-state index is 0.663. The summed E-state index contributed by atoms with van der Waals surface area (Å²) in [5, 5.41) is 8.79. The van der Waals surface area contributed by atoms with Crippen LogP contribution >= 0.6 is 11.8 Å². The molecule has 0 spiro atoms. The molecule has 1 aromatic carbocycles. The first kappa shape index (κ1) is 13.1. The molecule has 0 fully saturated rings. The molecular weight excluding hydrogens is 216 g/mol. The molecule has 1 rings (SSSR count). The fourth-order valence-electron chi connectivity index (χ4n) is 1.57. The van der Waals surface area contributed by atoms with Crippen molar-refractivity contribution in [1.82, 2.24) is 0 Å². The normalized spacial score (nSPS) is 14.2. The van der Waals surface area contributed by atoms with E-state index >= 15 is 0 Å². The minimum atomic E-state index is -0.719. The van der Waals surface area contributed by atoms with Crippen LogP contribution in [-0.4, -0.2) is 11.3 Å². The highest BCUT2D eigenvalue weighted by atomic mass is 32.2. The Balaban J connectivity index is 2.53. The predicted octanol–water partition coefficient (Wildman–Crippen LogP) is 2.78. The zero-order valence-electron chi connectivity index (χ0n) is 10.1. The van der Waals surface area contributed by atoms with Gasteiger partial charge in [0.2, 0.25) is 0 Å². The van der Waals surface area contributed by atoms with E-state index in [1.165, 1.54) is 16.7 Å². The molecule has 0 aliphatic rings. The van der Waals surface area contributed by atoms with Gasteiger partial charge >= 0.3 is 0 Å². The third-order valence-electron chi connectivity index (χ3n) is 2.21. The van der Waals surface area contributed by atoms with Crippen molar-refractivity contribution in [2.45, 2.75) is 32.1 Å². The van der Waals surface area contributed by atoms with E-state index in [0.29, 0.717) is 5.75 Å². The summed E-state index contributed by atoms with van der Waals surface area (Å²) in [7, 11) is 0. The molecule has 0 radical (unpaired) electrons. The summed E-state index contributed by atoms with van der Waals surface area (Å²) in [6, 6.07) is 8.63. The molecule has 1 unspecified atom stereocenters. The second kappa shape index (κ2) is 5.38. The second-order valence-electron chi connectivity index (χ2n) is 4.52. The molecule has 86 valence electrons. The first-order valence-electron chi connectivity index (χ1n) is 5.28. The molecule has 0 saturated carbocycles. The van der Waals surface area contributed by atoms with Gasteiger partial charge in [0.1, 0.15) is 5.54 Å². The van der Waals surface area contributed by atoms with Gasteiger partial charge in [-0.2, -0.15) is 17.0 Å². The predicted molar refractivity (Wildman–Crippen MR) is 70.3 cm³/mol. The van der Waals surface area contributed by atoms with Crippen molar-refractivity contribution in [3.8, 4) is 6.07 Å². The molecule has 0 aliphatic heterocycles. The van der Waals surface area contributed by atoms with Crippen LogP contribution in [0.1, 0.15) is 23.6 Å². The number of hydrogen-bond donors (Lipinski definition) is 1. The molecule has 1 aromatic rings. The van der Waals surface area contributed by atoms with Crippen LogP contribution in [0.4, 0.5) is 0 Å². The van der Waals surface area contributed by atoms with Crippen molar-refractivity contribution in [1.29, 1.82) is 5.26 Å². The zero-order valence-corrected chi connectivity index (χ0v) is 10.9. The van der Waals surface area contributed by atoms with E-state index in [-0.39, 0.29) is 0 Å². The fraction of sp³-hybridized carbons (Fsp3) is 0.462. The number of rotatable bonds is 4. The van der Waals surface area contributed by atoms with Gasteiger partial charge in [-0.05, 0) is 26.3 Å². The van der Waals surface area contributed by atoms with Gasteiger partial charge in [-0.3, -0.25) is 0 Å². The second-order valence-corrected chi connectivity index (χ2v) is 5.50. The highest BCUT2D eigenvalue weighted by molar-refractivity contribution is 7.98. The van der Waals surface area contributed by atoms with Gasteiger partial charge < -0.3 is 5.73 Å². The molecular formula is C13H18N2S. The van der Waals surface area contributed by atoms with E-state index in [0.717, 1.165) is 5.75 Å². The van der Waals surface area contributed by atoms with Crippen molar-refractivity contribution in [3.63, 3.8) is 0 Å². The lowest BCUT2D eigenvalue weighted by Gasteiger charge is -2.14. The van der Waals surface area contributed by atoms with Gasteiger partial charge in [-0.25, -0.2) is 0 Å². The maximum atomic E-state index is 8.79. The van der Waals surface area contributed by atoms with E-state index in [4.69, 9.17) is 11.0 Å². The van der Waals surface area contributed by atoms with Crippen LogP contribution in [0.5, 0.6) is 0 Å². The Bertz CT molecular complexity index is 385. The third kappa shape index (κ3) is 4.26. The number of benzene rings is 1. The average Bonchev–Trinajstić information content (AvgIpc) is 2.16. The highest BCUT2D eigenvalue weighted by Gasteiger charge is 2.16. The van der Waals surface area contributed by atoms with Gasteiger partial charge in [-0.15, -0.1) is 0 Å². The van der Waals surface area contributed by atoms with Crippen LogP contribution in [0.2, 0.25) is 0 Å². The average molecular weight is 234 g/mol. The van der Waals surface area contributed by atoms with Crippen LogP contribution in [0, 0.1) is 25.2 Å². The maximum Gasteiger partial charge on any atom is 0.110 e. The molecule has 2 nitrogen and oxygen atoms in total. The van der Waals surface area contributed by atoms with Crippen molar-refractivity contribution in [2.75, 3.05) is 5.75 Å². The van der Waals surface area contributed by atoms with Gasteiger partial charge in [-0.1, -0.05) is 29.3 Å². The van der Waals surface area contributed by atoms with Gasteiger partial charge in [0.25, 0.3) is 0 Å². The first-order chi connectivity index (χ1) is 7.43. The third-order valence-corrected chi connectivity index (χ3v) is 3.55. The standard InChI is InChI=1S/C13H18N2S/c1-10-4-11(2)6-12(5-10)7-16-9-13(3,15)8-14/h4-6H,7,9,15H2,1-3H3. The quantitative estimate of drug-likeness (QED) is 0.871. The number of aryl methyl sites for hydroxylation is 2. The molecule has 1 atom stereocenters. The largest absolute Gasteiger partial charge is 0.313 e. The summed E-state index contributed by atoms with van der Waals surface area (Å²) in [4.78, 5) is 0. The Labute approximate surface area is 102 Å². The molecule has 0 amide bonds. The summed E-state index contributed by atoms with van der Waals surface area (Å²) in [6.45, 7) is 5.97. The lowest BCUT2D eigenvalue weighted by Crippen LogP contribution is -2.36. The van der Waals surface area contributed by atoms with Crippen molar-refractivity contribution in [3.05, 3.63) is 34.9 Å². The summed E-state index contributed by atoms with van der Waals surface area (Å²) in [6.07, 6.45) is 0. The Morgan fingerprint density at radius 3 is 2.38 bits per heavy atom. The zero-order chi connectivity index (χ0) is 12.2. The van der Waals surface area contributed by atoms with Crippen LogP contribution in [-0.2, 0) is 5.75 Å². The van der Waals surface area contributed by atoms with Crippen LogP contribution in [0.3, 0.4) is 0 Å². The van der Waals surface area contributed by atoms with Gasteiger partial charge in [0, 0.05) is 11.5 Å². The minimum Gasteiger partial charge on any atom is -0.313 e. The van der Waals surface area contributed by atoms with Crippen molar-refractivity contribution >= 4 is 11.8 Å². The van der Waals surface area contributed by atoms with Crippen LogP contribution < -0.4 is 5.73 Å². The van der Waals surface area contributed by atoms with E-state index in [1.807, 2.05) is 0 Å². The topological polar surface area (TPSA) is 49.8 Å². The summed E-state index contributed by atoms with van der Waals surface area (Å²) in [5.41, 5.74) is 8.91. The Kier molecular flexibility index (Phi) is 4.40. The smallest absolute Gasteiger partial charge is 0.110 e.